The molecule has 0 aliphatic heterocycles. The van der Waals surface area contributed by atoms with Crippen molar-refractivity contribution in [3.8, 4) is 5.75 Å². The number of anilines is 1. The van der Waals surface area contributed by atoms with E-state index < -0.39 is 5.97 Å². The first kappa shape index (κ1) is 13.7. The van der Waals surface area contributed by atoms with Crippen LogP contribution in [0.2, 0.25) is 0 Å². The van der Waals surface area contributed by atoms with Gasteiger partial charge in [-0.05, 0) is 31.2 Å². The minimum Gasteiger partial charge on any atom is -0.493 e. The van der Waals surface area contributed by atoms with Gasteiger partial charge >= 0.3 is 5.97 Å². The maximum atomic E-state index is 10.6. The van der Waals surface area contributed by atoms with Crippen LogP contribution in [0, 0.1) is 0 Å². The van der Waals surface area contributed by atoms with Crippen LogP contribution in [0.1, 0.15) is 13.3 Å². The lowest BCUT2D eigenvalue weighted by atomic mass is 10.3. The molecule has 94 valence electrons. The van der Waals surface area contributed by atoms with Crippen molar-refractivity contribution < 1.29 is 14.6 Å². The lowest BCUT2D eigenvalue weighted by Crippen LogP contribution is -2.12. The fraction of sp³-hybridized carbons (Fsp3) is 0.417. The number of carboxylic acid groups (broad SMARTS) is 1. The minimum absolute atomic E-state index is 0.359. The zero-order valence-electron chi connectivity index (χ0n) is 9.76. The molecule has 0 aromatic heterocycles. The molecule has 3 N–H and O–H groups in total. The van der Waals surface area contributed by atoms with Crippen molar-refractivity contribution in [2.45, 2.75) is 18.6 Å². The number of hydrogen-bond acceptors (Lipinski definition) is 4. The number of aliphatic carboxylic acids is 1. The summed E-state index contributed by atoms with van der Waals surface area (Å²) in [5.41, 5.74) is 6.29. The van der Waals surface area contributed by atoms with Gasteiger partial charge in [0.05, 0.1) is 11.9 Å². The Morgan fingerprint density at radius 1 is 1.59 bits per heavy atom. The summed E-state index contributed by atoms with van der Waals surface area (Å²) in [4.78, 5) is 10.6. The Bertz CT molecular complexity index is 371. The number of carbonyl (C=O) groups is 1. The van der Waals surface area contributed by atoms with Crippen LogP contribution in [0.4, 0.5) is 5.69 Å². The van der Waals surface area contributed by atoms with Gasteiger partial charge in [-0.3, -0.25) is 4.79 Å². The molecular formula is C12H17NO3S. The van der Waals surface area contributed by atoms with Gasteiger partial charge in [0, 0.05) is 11.8 Å². The van der Waals surface area contributed by atoms with Crippen molar-refractivity contribution in [1.29, 1.82) is 0 Å². The molecule has 0 aliphatic carbocycles. The third-order valence-electron chi connectivity index (χ3n) is 2.13. The lowest BCUT2D eigenvalue weighted by Gasteiger charge is -2.08. The molecule has 1 rings (SSSR count). The number of nitrogen functional groups attached to an aromatic ring is 1. The van der Waals surface area contributed by atoms with Crippen LogP contribution in [-0.2, 0) is 4.79 Å². The molecule has 0 fully saturated rings. The summed E-state index contributed by atoms with van der Waals surface area (Å²) in [6.07, 6.45) is 0.817. The topological polar surface area (TPSA) is 72.5 Å². The molecule has 17 heavy (non-hydrogen) atoms. The molecule has 5 heteroatoms. The number of nitrogens with two attached hydrogens (primary N) is 1. The predicted molar refractivity (Wildman–Crippen MR) is 70.5 cm³/mol. The Morgan fingerprint density at radius 2 is 2.35 bits per heavy atom. The molecule has 4 nitrogen and oxygen atoms in total. The zero-order valence-corrected chi connectivity index (χ0v) is 10.6. The number of carboxylic acids is 1. The normalized spacial score (nSPS) is 12.1. The third kappa shape index (κ3) is 5.49. The summed E-state index contributed by atoms with van der Waals surface area (Å²) in [7, 11) is 0. The molecule has 1 unspecified atom stereocenters. The summed E-state index contributed by atoms with van der Waals surface area (Å²) in [6.45, 7) is 2.26. The molecule has 0 saturated carbocycles. The smallest absolute Gasteiger partial charge is 0.316 e. The first-order valence-corrected chi connectivity index (χ1v) is 6.47. The van der Waals surface area contributed by atoms with E-state index in [0.29, 0.717) is 12.3 Å². The van der Waals surface area contributed by atoms with E-state index in [2.05, 4.69) is 0 Å². The van der Waals surface area contributed by atoms with Crippen LogP contribution < -0.4 is 10.5 Å². The van der Waals surface area contributed by atoms with Crippen LogP contribution in [0.3, 0.4) is 0 Å². The Hall–Kier alpha value is -1.36. The molecule has 1 aromatic carbocycles. The van der Waals surface area contributed by atoms with E-state index in [1.54, 1.807) is 19.1 Å². The largest absolute Gasteiger partial charge is 0.493 e. The highest BCUT2D eigenvalue weighted by atomic mass is 32.2. The Morgan fingerprint density at radius 3 is 3.00 bits per heavy atom. The number of hydrogen-bond donors (Lipinski definition) is 2. The van der Waals surface area contributed by atoms with Crippen LogP contribution in [-0.4, -0.2) is 28.7 Å². The zero-order chi connectivity index (χ0) is 12.7. The average molecular weight is 255 g/mol. The average Bonchev–Trinajstić information content (AvgIpc) is 2.28. The van der Waals surface area contributed by atoms with E-state index in [1.165, 1.54) is 11.8 Å². The van der Waals surface area contributed by atoms with Gasteiger partial charge < -0.3 is 15.6 Å². The Kier molecular flexibility index (Phi) is 5.69. The molecule has 0 heterocycles. The van der Waals surface area contributed by atoms with Crippen LogP contribution in [0.15, 0.2) is 24.3 Å². The first-order valence-electron chi connectivity index (χ1n) is 5.42. The first-order chi connectivity index (χ1) is 8.09. The second kappa shape index (κ2) is 7.06. The third-order valence-corrected chi connectivity index (χ3v) is 3.36. The quantitative estimate of drug-likeness (QED) is 0.577. The van der Waals surface area contributed by atoms with Crippen molar-refractivity contribution in [3.05, 3.63) is 24.3 Å². The molecule has 0 radical (unpaired) electrons. The highest BCUT2D eigenvalue weighted by molar-refractivity contribution is 8.00. The van der Waals surface area contributed by atoms with Crippen molar-refractivity contribution in [1.82, 2.24) is 0 Å². The molecule has 1 aromatic rings. The SMILES string of the molecule is CC(SCCCOc1cccc(N)c1)C(=O)O. The van der Waals surface area contributed by atoms with Crippen molar-refractivity contribution >= 4 is 23.4 Å². The Balaban J connectivity index is 2.14. The van der Waals surface area contributed by atoms with E-state index in [9.17, 15) is 4.79 Å². The number of benzene rings is 1. The van der Waals surface area contributed by atoms with E-state index in [-0.39, 0.29) is 5.25 Å². The standard InChI is InChI=1S/C12H17NO3S/c1-9(12(14)15)17-7-3-6-16-11-5-2-4-10(13)8-11/h2,4-5,8-9H,3,6-7,13H2,1H3,(H,14,15). The summed E-state index contributed by atoms with van der Waals surface area (Å²) in [6, 6.07) is 7.26. The molecular weight excluding hydrogens is 238 g/mol. The summed E-state index contributed by atoms with van der Waals surface area (Å²) in [5, 5.41) is 8.32. The highest BCUT2D eigenvalue weighted by Crippen LogP contribution is 2.16. The monoisotopic (exact) mass is 255 g/mol. The molecule has 0 aliphatic rings. The fourth-order valence-electron chi connectivity index (χ4n) is 1.18. The van der Waals surface area contributed by atoms with Gasteiger partial charge in [0.15, 0.2) is 0 Å². The highest BCUT2D eigenvalue weighted by Gasteiger charge is 2.09. The molecule has 0 saturated heterocycles. The van der Waals surface area contributed by atoms with Crippen molar-refractivity contribution in [3.63, 3.8) is 0 Å². The number of ether oxygens (including phenoxy) is 1. The summed E-state index contributed by atoms with van der Waals surface area (Å²) in [5.74, 6) is 0.753. The van der Waals surface area contributed by atoms with Crippen LogP contribution in [0.5, 0.6) is 5.75 Å². The lowest BCUT2D eigenvalue weighted by molar-refractivity contribution is -0.136. The maximum Gasteiger partial charge on any atom is 0.316 e. The summed E-state index contributed by atoms with van der Waals surface area (Å²) >= 11 is 1.42. The van der Waals surface area contributed by atoms with E-state index in [1.807, 2.05) is 12.1 Å². The molecule has 0 spiro atoms. The second-order valence-corrected chi connectivity index (χ2v) is 5.07. The van der Waals surface area contributed by atoms with E-state index >= 15 is 0 Å². The number of thioether (sulfide) groups is 1. The minimum atomic E-state index is -0.772. The fourth-order valence-corrected chi connectivity index (χ4v) is 1.97. The second-order valence-electron chi connectivity index (χ2n) is 3.63. The van der Waals surface area contributed by atoms with E-state index in [4.69, 9.17) is 15.6 Å². The van der Waals surface area contributed by atoms with E-state index in [0.717, 1.165) is 17.9 Å². The van der Waals surface area contributed by atoms with Gasteiger partial charge in [-0.1, -0.05) is 6.07 Å². The number of rotatable bonds is 7. The molecule has 1 atom stereocenters. The molecule has 0 bridgehead atoms. The van der Waals surface area contributed by atoms with Crippen LogP contribution in [0.25, 0.3) is 0 Å². The van der Waals surface area contributed by atoms with Gasteiger partial charge in [0.2, 0.25) is 0 Å². The van der Waals surface area contributed by atoms with Gasteiger partial charge in [-0.2, -0.15) is 0 Å². The van der Waals surface area contributed by atoms with Gasteiger partial charge in [-0.15, -0.1) is 11.8 Å². The van der Waals surface area contributed by atoms with Crippen LogP contribution >= 0.6 is 11.8 Å². The molecule has 0 amide bonds. The summed E-state index contributed by atoms with van der Waals surface area (Å²) < 4.78 is 5.49. The van der Waals surface area contributed by atoms with Crippen molar-refractivity contribution in [2.24, 2.45) is 0 Å². The Labute approximate surface area is 105 Å². The van der Waals surface area contributed by atoms with Gasteiger partial charge in [0.25, 0.3) is 0 Å². The van der Waals surface area contributed by atoms with Crippen molar-refractivity contribution in [2.75, 3.05) is 18.1 Å². The van der Waals surface area contributed by atoms with Gasteiger partial charge in [0.1, 0.15) is 5.75 Å². The predicted octanol–water partition coefficient (Wildman–Crippen LogP) is 2.24. The van der Waals surface area contributed by atoms with Gasteiger partial charge in [-0.25, -0.2) is 0 Å². The maximum absolute atomic E-state index is 10.6.